The van der Waals surface area contributed by atoms with Crippen molar-refractivity contribution in [1.29, 1.82) is 0 Å². The summed E-state index contributed by atoms with van der Waals surface area (Å²) in [5.74, 6) is 0.0461. The van der Waals surface area contributed by atoms with Crippen molar-refractivity contribution in [2.45, 2.75) is 25.9 Å². The van der Waals surface area contributed by atoms with Gasteiger partial charge < -0.3 is 18.8 Å². The summed E-state index contributed by atoms with van der Waals surface area (Å²) in [5.41, 5.74) is 0. The normalized spacial score (nSPS) is 36.4. The molecule has 6 nitrogen and oxygen atoms in total. The van der Waals surface area contributed by atoms with Gasteiger partial charge in [-0.05, 0) is 18.8 Å². The van der Waals surface area contributed by atoms with E-state index in [1.54, 1.807) is 0 Å². The molecule has 1 aliphatic rings. The second-order valence-electron chi connectivity index (χ2n) is 4.79. The second kappa shape index (κ2) is 5.52. The SMILES string of the molecule is C[C@@H]1CC[C@H](COP(C)(=O)O)C1OP(C)(=O)O. The van der Waals surface area contributed by atoms with E-state index in [1.807, 2.05) is 6.92 Å². The van der Waals surface area contributed by atoms with Crippen molar-refractivity contribution in [2.24, 2.45) is 11.8 Å². The fraction of sp³-hybridized carbons (Fsp3) is 1.00. The molecule has 0 aromatic carbocycles. The van der Waals surface area contributed by atoms with E-state index in [4.69, 9.17) is 13.9 Å². The molecule has 0 spiro atoms. The minimum atomic E-state index is -3.54. The quantitative estimate of drug-likeness (QED) is 0.751. The van der Waals surface area contributed by atoms with Crippen LogP contribution < -0.4 is 0 Å². The summed E-state index contributed by atoms with van der Waals surface area (Å²) < 4.78 is 32.3. The molecule has 5 atom stereocenters. The lowest BCUT2D eigenvalue weighted by Crippen LogP contribution is -2.25. The molecule has 1 aliphatic carbocycles. The van der Waals surface area contributed by atoms with Crippen LogP contribution in [0.3, 0.4) is 0 Å². The summed E-state index contributed by atoms with van der Waals surface area (Å²) in [4.78, 5) is 18.3. The number of rotatable bonds is 5. The van der Waals surface area contributed by atoms with Crippen molar-refractivity contribution in [1.82, 2.24) is 0 Å². The summed E-state index contributed by atoms with van der Waals surface area (Å²) in [5, 5.41) is 0. The van der Waals surface area contributed by atoms with Gasteiger partial charge in [0.25, 0.3) is 0 Å². The summed E-state index contributed by atoms with van der Waals surface area (Å²) >= 11 is 0. The first-order chi connectivity index (χ1) is 7.58. The van der Waals surface area contributed by atoms with E-state index in [2.05, 4.69) is 0 Å². The van der Waals surface area contributed by atoms with E-state index < -0.39 is 15.2 Å². The first kappa shape index (κ1) is 15.4. The topological polar surface area (TPSA) is 93.1 Å². The maximum atomic E-state index is 11.3. The second-order valence-corrected chi connectivity index (χ2v) is 8.47. The molecule has 0 amide bonds. The van der Waals surface area contributed by atoms with Crippen LogP contribution in [0.15, 0.2) is 0 Å². The third-order valence-electron chi connectivity index (χ3n) is 2.86. The lowest BCUT2D eigenvalue weighted by molar-refractivity contribution is 0.0806. The van der Waals surface area contributed by atoms with Gasteiger partial charge in [-0.25, -0.2) is 0 Å². The van der Waals surface area contributed by atoms with Crippen LogP contribution in [0.2, 0.25) is 0 Å². The lowest BCUT2D eigenvalue weighted by atomic mass is 10.0. The highest BCUT2D eigenvalue weighted by atomic mass is 31.2. The maximum Gasteiger partial charge on any atom is 0.325 e. The minimum absolute atomic E-state index is 0.0826. The van der Waals surface area contributed by atoms with Gasteiger partial charge in [0, 0.05) is 19.2 Å². The lowest BCUT2D eigenvalue weighted by Gasteiger charge is -2.24. The molecule has 2 N–H and O–H groups in total. The molecule has 0 radical (unpaired) electrons. The Hall–Kier alpha value is 0.300. The van der Waals surface area contributed by atoms with Gasteiger partial charge in [-0.15, -0.1) is 0 Å². The van der Waals surface area contributed by atoms with Crippen molar-refractivity contribution in [3.05, 3.63) is 0 Å². The Kier molecular flexibility index (Phi) is 4.98. The number of hydrogen-bond donors (Lipinski definition) is 2. The monoisotopic (exact) mass is 286 g/mol. The molecule has 1 rings (SSSR count). The fourth-order valence-corrected chi connectivity index (χ4v) is 3.40. The molecular weight excluding hydrogens is 266 g/mol. The van der Waals surface area contributed by atoms with Crippen molar-refractivity contribution < 1.29 is 28.0 Å². The van der Waals surface area contributed by atoms with Gasteiger partial charge in [-0.2, -0.15) is 0 Å². The molecule has 1 saturated carbocycles. The summed E-state index contributed by atoms with van der Waals surface area (Å²) in [7, 11) is -7.04. The largest absolute Gasteiger partial charge is 0.325 e. The first-order valence-corrected chi connectivity index (χ1v) is 9.57. The molecule has 0 heterocycles. The van der Waals surface area contributed by atoms with E-state index in [0.717, 1.165) is 26.2 Å². The minimum Gasteiger partial charge on any atom is -0.324 e. The Morgan fingerprint density at radius 1 is 1.18 bits per heavy atom. The van der Waals surface area contributed by atoms with Gasteiger partial charge in [-0.3, -0.25) is 9.13 Å². The molecule has 0 saturated heterocycles. The third kappa shape index (κ3) is 5.64. The van der Waals surface area contributed by atoms with Crippen LogP contribution in [0.1, 0.15) is 19.8 Å². The van der Waals surface area contributed by atoms with Crippen LogP contribution in [-0.2, 0) is 18.2 Å². The van der Waals surface area contributed by atoms with Gasteiger partial charge in [0.15, 0.2) is 0 Å². The zero-order valence-electron chi connectivity index (χ0n) is 10.3. The van der Waals surface area contributed by atoms with Gasteiger partial charge in [-0.1, -0.05) is 6.92 Å². The van der Waals surface area contributed by atoms with Crippen LogP contribution in [0.5, 0.6) is 0 Å². The van der Waals surface area contributed by atoms with Gasteiger partial charge in [0.05, 0.1) is 12.7 Å². The summed E-state index contributed by atoms with van der Waals surface area (Å²) in [6.45, 7) is 4.29. The van der Waals surface area contributed by atoms with E-state index in [9.17, 15) is 14.0 Å². The Bertz CT molecular complexity index is 345. The van der Waals surface area contributed by atoms with E-state index in [1.165, 1.54) is 0 Å². The molecule has 8 heteroatoms. The number of hydrogen-bond acceptors (Lipinski definition) is 4. The highest BCUT2D eigenvalue weighted by Gasteiger charge is 2.38. The van der Waals surface area contributed by atoms with Gasteiger partial charge in [0.1, 0.15) is 0 Å². The standard InChI is InChI=1S/C9H20O6P2/c1-7-4-5-8(6-14-16(2,10)11)9(7)15-17(3,12)13/h7-9H,4-6H2,1-3H3,(H,10,11)(H,12,13)/t7-,8-,9?/m1/s1. The van der Waals surface area contributed by atoms with E-state index in [0.29, 0.717) is 0 Å². The molecule has 0 aromatic heterocycles. The zero-order chi connectivity index (χ0) is 13.3. The highest BCUT2D eigenvalue weighted by Crippen LogP contribution is 2.47. The molecule has 102 valence electrons. The molecule has 0 bridgehead atoms. The van der Waals surface area contributed by atoms with E-state index in [-0.39, 0.29) is 24.5 Å². The predicted octanol–water partition coefficient (Wildman–Crippen LogP) is 2.06. The molecule has 0 aromatic rings. The van der Waals surface area contributed by atoms with Crippen molar-refractivity contribution in [3.63, 3.8) is 0 Å². The molecule has 0 aliphatic heterocycles. The van der Waals surface area contributed by atoms with Gasteiger partial charge in [0.2, 0.25) is 0 Å². The van der Waals surface area contributed by atoms with Crippen LogP contribution in [0, 0.1) is 11.8 Å². The van der Waals surface area contributed by atoms with Crippen LogP contribution in [0.25, 0.3) is 0 Å². The van der Waals surface area contributed by atoms with Gasteiger partial charge >= 0.3 is 15.2 Å². The predicted molar refractivity (Wildman–Crippen MR) is 64.2 cm³/mol. The summed E-state index contributed by atoms with van der Waals surface area (Å²) in [6, 6.07) is 0. The van der Waals surface area contributed by atoms with Crippen molar-refractivity contribution in [2.75, 3.05) is 19.9 Å². The molecule has 17 heavy (non-hydrogen) atoms. The average molecular weight is 286 g/mol. The maximum absolute atomic E-state index is 11.3. The average Bonchev–Trinajstić information content (AvgIpc) is 2.41. The van der Waals surface area contributed by atoms with Crippen LogP contribution in [-0.4, -0.2) is 35.8 Å². The zero-order valence-corrected chi connectivity index (χ0v) is 12.1. The first-order valence-electron chi connectivity index (χ1n) is 5.52. The molecule has 1 fully saturated rings. The Morgan fingerprint density at radius 3 is 2.24 bits per heavy atom. The smallest absolute Gasteiger partial charge is 0.324 e. The Balaban J connectivity index is 2.59. The Labute approximate surface area is 101 Å². The summed E-state index contributed by atoms with van der Waals surface area (Å²) in [6.07, 6.45) is 1.24. The van der Waals surface area contributed by atoms with Crippen LogP contribution in [0.4, 0.5) is 0 Å². The van der Waals surface area contributed by atoms with Crippen molar-refractivity contribution in [3.8, 4) is 0 Å². The Morgan fingerprint density at radius 2 is 1.76 bits per heavy atom. The molecular formula is C9H20O6P2. The van der Waals surface area contributed by atoms with E-state index >= 15 is 0 Å². The van der Waals surface area contributed by atoms with Crippen LogP contribution >= 0.6 is 15.2 Å². The third-order valence-corrected chi connectivity index (χ3v) is 4.13. The highest BCUT2D eigenvalue weighted by molar-refractivity contribution is 7.52. The van der Waals surface area contributed by atoms with Crippen molar-refractivity contribution >= 4 is 15.2 Å². The fourth-order valence-electron chi connectivity index (χ4n) is 2.10. The molecule has 3 unspecified atom stereocenters.